The molecule has 1 aromatic rings. The Balaban J connectivity index is 2.58. The molecule has 15 heavy (non-hydrogen) atoms. The van der Waals surface area contributed by atoms with Crippen LogP contribution in [0.2, 0.25) is 0 Å². The summed E-state index contributed by atoms with van der Waals surface area (Å²) in [5, 5.41) is 3.66. The van der Waals surface area contributed by atoms with Gasteiger partial charge in [-0.2, -0.15) is 5.10 Å². The minimum atomic E-state index is -3.01. The molecule has 0 spiro atoms. The van der Waals surface area contributed by atoms with E-state index in [9.17, 15) is 8.42 Å². The monoisotopic (exact) mass is 232 g/mol. The molecule has 6 nitrogen and oxygen atoms in total. The average molecular weight is 232 g/mol. The van der Waals surface area contributed by atoms with Gasteiger partial charge in [-0.15, -0.1) is 0 Å². The highest BCUT2D eigenvalue weighted by atomic mass is 32.2. The lowest BCUT2D eigenvalue weighted by atomic mass is 10.6. The zero-order chi connectivity index (χ0) is 11.5. The van der Waals surface area contributed by atoms with E-state index in [0.29, 0.717) is 12.4 Å². The van der Waals surface area contributed by atoms with Gasteiger partial charge in [0, 0.05) is 0 Å². The maximum Gasteiger partial charge on any atom is 0.164 e. The predicted molar refractivity (Wildman–Crippen MR) is 56.8 cm³/mol. The third-order valence-electron chi connectivity index (χ3n) is 2.09. The fourth-order valence-electron chi connectivity index (χ4n) is 0.991. The van der Waals surface area contributed by atoms with E-state index in [2.05, 4.69) is 10.1 Å². The van der Waals surface area contributed by atoms with Crippen LogP contribution in [0.3, 0.4) is 0 Å². The van der Waals surface area contributed by atoms with Crippen molar-refractivity contribution in [1.29, 1.82) is 0 Å². The third-order valence-corrected chi connectivity index (χ3v) is 4.28. The first kappa shape index (κ1) is 12.1. The van der Waals surface area contributed by atoms with Crippen molar-refractivity contribution in [1.82, 2.24) is 14.8 Å². The maximum atomic E-state index is 11.5. The van der Waals surface area contributed by atoms with Crippen molar-refractivity contribution in [2.45, 2.75) is 32.2 Å². The number of aromatic nitrogens is 3. The minimum absolute atomic E-state index is 0.0814. The Morgan fingerprint density at radius 3 is 2.67 bits per heavy atom. The number of aryl methyl sites for hydroxylation is 1. The summed E-state index contributed by atoms with van der Waals surface area (Å²) >= 11 is 0. The van der Waals surface area contributed by atoms with Crippen molar-refractivity contribution in [3.05, 3.63) is 12.2 Å². The summed E-state index contributed by atoms with van der Waals surface area (Å²) < 4.78 is 24.5. The number of hydrogen-bond acceptors (Lipinski definition) is 5. The summed E-state index contributed by atoms with van der Waals surface area (Å²) in [4.78, 5) is 3.91. The Labute approximate surface area is 89.4 Å². The molecule has 2 N–H and O–H groups in total. The fourth-order valence-corrected chi connectivity index (χ4v) is 1.90. The number of rotatable bonds is 5. The van der Waals surface area contributed by atoms with Gasteiger partial charge in [0.15, 0.2) is 15.7 Å². The molecule has 1 rings (SSSR count). The van der Waals surface area contributed by atoms with Crippen LogP contribution in [0.25, 0.3) is 0 Å². The number of sulfone groups is 1. The second-order valence-electron chi connectivity index (χ2n) is 3.54. The van der Waals surface area contributed by atoms with E-state index in [1.165, 1.54) is 11.0 Å². The zero-order valence-corrected chi connectivity index (χ0v) is 9.74. The first-order valence-electron chi connectivity index (χ1n) is 4.75. The molecule has 1 heterocycles. The Hall–Kier alpha value is -0.950. The molecular weight excluding hydrogens is 216 g/mol. The highest BCUT2D eigenvalue weighted by Crippen LogP contribution is 2.01. The van der Waals surface area contributed by atoms with Gasteiger partial charge in [0.25, 0.3) is 0 Å². The molecule has 0 radical (unpaired) electrons. The van der Waals surface area contributed by atoms with Gasteiger partial charge in [0.05, 0.1) is 24.1 Å². The molecule has 1 aromatic heterocycles. The molecule has 0 saturated carbocycles. The van der Waals surface area contributed by atoms with Gasteiger partial charge in [-0.25, -0.2) is 13.4 Å². The van der Waals surface area contributed by atoms with E-state index in [-0.39, 0.29) is 17.5 Å². The van der Waals surface area contributed by atoms with Gasteiger partial charge in [-0.05, 0) is 13.8 Å². The normalized spacial score (nSPS) is 12.3. The first-order valence-corrected chi connectivity index (χ1v) is 6.47. The maximum absolute atomic E-state index is 11.5. The Bertz CT molecular complexity index is 410. The van der Waals surface area contributed by atoms with Gasteiger partial charge in [-0.3, -0.25) is 4.68 Å². The Morgan fingerprint density at radius 1 is 1.53 bits per heavy atom. The lowest BCUT2D eigenvalue weighted by Crippen LogP contribution is -2.21. The lowest BCUT2D eigenvalue weighted by Gasteiger charge is -2.06. The van der Waals surface area contributed by atoms with E-state index >= 15 is 0 Å². The Kier molecular flexibility index (Phi) is 3.81. The molecule has 0 aliphatic rings. The van der Waals surface area contributed by atoms with Crippen LogP contribution < -0.4 is 5.73 Å². The number of hydrogen-bond donors (Lipinski definition) is 1. The minimum Gasteiger partial charge on any atom is -0.324 e. The highest BCUT2D eigenvalue weighted by molar-refractivity contribution is 7.91. The molecule has 0 aliphatic heterocycles. The molecule has 0 atom stereocenters. The van der Waals surface area contributed by atoms with Crippen LogP contribution in [0.1, 0.15) is 19.7 Å². The standard InChI is InChI=1S/C8H16N4O2S/c1-7(2)15(13,14)4-3-12-6-10-8(5-9)11-12/h6-7H,3-5,9H2,1-2H3. The van der Waals surface area contributed by atoms with Crippen molar-refractivity contribution in [2.24, 2.45) is 5.73 Å². The van der Waals surface area contributed by atoms with E-state index in [1.807, 2.05) is 0 Å². The summed E-state index contributed by atoms with van der Waals surface area (Å²) in [6.07, 6.45) is 1.50. The van der Waals surface area contributed by atoms with Crippen molar-refractivity contribution in [2.75, 3.05) is 5.75 Å². The second kappa shape index (κ2) is 4.71. The number of nitrogens with two attached hydrogens (primary N) is 1. The lowest BCUT2D eigenvalue weighted by molar-refractivity contribution is 0.571. The summed E-state index contributed by atoms with van der Waals surface area (Å²) in [6, 6.07) is 0. The van der Waals surface area contributed by atoms with Gasteiger partial charge in [0.2, 0.25) is 0 Å². The van der Waals surface area contributed by atoms with Gasteiger partial charge < -0.3 is 5.73 Å². The molecule has 0 amide bonds. The zero-order valence-electron chi connectivity index (χ0n) is 8.92. The van der Waals surface area contributed by atoms with Crippen molar-refractivity contribution in [3.8, 4) is 0 Å². The molecule has 86 valence electrons. The quantitative estimate of drug-likeness (QED) is 0.743. The van der Waals surface area contributed by atoms with E-state index in [1.54, 1.807) is 13.8 Å². The average Bonchev–Trinajstić information content (AvgIpc) is 2.62. The number of nitrogens with zero attached hydrogens (tertiary/aromatic N) is 3. The smallest absolute Gasteiger partial charge is 0.164 e. The SMILES string of the molecule is CC(C)S(=O)(=O)CCn1cnc(CN)n1. The third kappa shape index (κ3) is 3.28. The topological polar surface area (TPSA) is 90.9 Å². The fraction of sp³-hybridized carbons (Fsp3) is 0.750. The molecule has 0 saturated heterocycles. The second-order valence-corrected chi connectivity index (χ2v) is 6.22. The first-order chi connectivity index (χ1) is 6.95. The summed E-state index contributed by atoms with van der Waals surface area (Å²) in [5.41, 5.74) is 5.34. The van der Waals surface area contributed by atoms with Crippen LogP contribution in [0.5, 0.6) is 0 Å². The summed E-state index contributed by atoms with van der Waals surface area (Å²) in [7, 11) is -3.01. The van der Waals surface area contributed by atoms with Crippen molar-refractivity contribution in [3.63, 3.8) is 0 Å². The van der Waals surface area contributed by atoms with E-state index < -0.39 is 9.84 Å². The van der Waals surface area contributed by atoms with Gasteiger partial charge >= 0.3 is 0 Å². The van der Waals surface area contributed by atoms with Gasteiger partial charge in [-0.1, -0.05) is 0 Å². The van der Waals surface area contributed by atoms with Gasteiger partial charge in [0.1, 0.15) is 6.33 Å². The van der Waals surface area contributed by atoms with Crippen LogP contribution in [0.15, 0.2) is 6.33 Å². The molecule has 0 bridgehead atoms. The van der Waals surface area contributed by atoms with Crippen LogP contribution in [0.4, 0.5) is 0 Å². The van der Waals surface area contributed by atoms with E-state index in [4.69, 9.17) is 5.73 Å². The van der Waals surface area contributed by atoms with Crippen LogP contribution in [-0.2, 0) is 22.9 Å². The molecule has 7 heteroatoms. The molecule has 0 fully saturated rings. The molecule has 0 aliphatic carbocycles. The van der Waals surface area contributed by atoms with E-state index in [0.717, 1.165) is 0 Å². The summed E-state index contributed by atoms with van der Waals surface area (Å²) in [5.74, 6) is 0.606. The van der Waals surface area contributed by atoms with Crippen LogP contribution >= 0.6 is 0 Å². The van der Waals surface area contributed by atoms with Crippen LogP contribution in [-0.4, -0.2) is 34.2 Å². The highest BCUT2D eigenvalue weighted by Gasteiger charge is 2.15. The molecular formula is C8H16N4O2S. The largest absolute Gasteiger partial charge is 0.324 e. The Morgan fingerprint density at radius 2 is 2.20 bits per heavy atom. The molecule has 0 aromatic carbocycles. The molecule has 0 unspecified atom stereocenters. The predicted octanol–water partition coefficient (Wildman–Crippen LogP) is -0.440. The van der Waals surface area contributed by atoms with Crippen LogP contribution in [0, 0.1) is 0 Å². The van der Waals surface area contributed by atoms with Crippen molar-refractivity contribution < 1.29 is 8.42 Å². The van der Waals surface area contributed by atoms with Crippen molar-refractivity contribution >= 4 is 9.84 Å². The summed E-state index contributed by atoms with van der Waals surface area (Å²) in [6.45, 7) is 3.93.